The third kappa shape index (κ3) is 2.54. The summed E-state index contributed by atoms with van der Waals surface area (Å²) in [7, 11) is 0. The Morgan fingerprint density at radius 3 is 2.81 bits per heavy atom. The molecule has 0 radical (unpaired) electrons. The van der Waals surface area contributed by atoms with Crippen LogP contribution in [0.1, 0.15) is 16.8 Å². The van der Waals surface area contributed by atoms with Crippen molar-refractivity contribution in [1.29, 1.82) is 0 Å². The highest BCUT2D eigenvalue weighted by molar-refractivity contribution is 7.13. The molecule has 0 aliphatic carbocycles. The summed E-state index contributed by atoms with van der Waals surface area (Å²) in [5.74, 6) is 0.463. The van der Waals surface area contributed by atoms with Crippen molar-refractivity contribution < 1.29 is 0 Å². The highest BCUT2D eigenvalue weighted by Crippen LogP contribution is 2.24. The molecule has 1 N–H and O–H groups in total. The van der Waals surface area contributed by atoms with Crippen molar-refractivity contribution in [3.05, 3.63) is 40.4 Å². The predicted octanol–water partition coefficient (Wildman–Crippen LogP) is 4.24. The van der Waals surface area contributed by atoms with Crippen LogP contribution >= 0.6 is 22.9 Å². The van der Waals surface area contributed by atoms with Gasteiger partial charge in [-0.1, -0.05) is 17.7 Å². The average Bonchev–Trinajstić information content (AvgIpc) is 2.70. The number of hydrogen-bond acceptors (Lipinski definition) is 3. The molecule has 1 aromatic heterocycles. The molecule has 0 unspecified atom stereocenters. The van der Waals surface area contributed by atoms with Crippen LogP contribution in [-0.2, 0) is 5.88 Å². The van der Waals surface area contributed by atoms with E-state index in [9.17, 15) is 0 Å². The van der Waals surface area contributed by atoms with Gasteiger partial charge in [0.1, 0.15) is 0 Å². The molecule has 0 amide bonds. The van der Waals surface area contributed by atoms with E-state index in [4.69, 9.17) is 11.6 Å². The maximum absolute atomic E-state index is 5.71. The zero-order valence-electron chi connectivity index (χ0n) is 9.25. The number of anilines is 2. The van der Waals surface area contributed by atoms with Crippen molar-refractivity contribution in [2.45, 2.75) is 19.7 Å². The minimum atomic E-state index is 0.463. The van der Waals surface area contributed by atoms with E-state index in [1.54, 1.807) is 11.3 Å². The molecule has 4 heteroatoms. The van der Waals surface area contributed by atoms with Crippen LogP contribution in [0.3, 0.4) is 0 Å². The summed E-state index contributed by atoms with van der Waals surface area (Å²) in [6, 6.07) is 6.32. The molecule has 0 saturated heterocycles. The van der Waals surface area contributed by atoms with E-state index >= 15 is 0 Å². The van der Waals surface area contributed by atoms with Gasteiger partial charge in [-0.15, -0.1) is 22.9 Å². The molecule has 1 aromatic carbocycles. The van der Waals surface area contributed by atoms with Gasteiger partial charge >= 0.3 is 0 Å². The summed E-state index contributed by atoms with van der Waals surface area (Å²) in [4.78, 5) is 4.36. The lowest BCUT2D eigenvalue weighted by Crippen LogP contribution is -1.93. The SMILES string of the molecule is Cc1ccc(Nc2nc(CCl)cs2)c(C)c1. The summed E-state index contributed by atoms with van der Waals surface area (Å²) in [5.41, 5.74) is 4.51. The lowest BCUT2D eigenvalue weighted by molar-refractivity contribution is 1.22. The minimum Gasteiger partial charge on any atom is -0.331 e. The molecular formula is C12H13ClN2S. The molecule has 2 aromatic rings. The number of nitrogens with zero attached hydrogens (tertiary/aromatic N) is 1. The van der Waals surface area contributed by atoms with Crippen LogP contribution in [0.5, 0.6) is 0 Å². The first-order valence-corrected chi connectivity index (χ1v) is 6.45. The second-order valence-corrected chi connectivity index (χ2v) is 4.85. The van der Waals surface area contributed by atoms with Crippen LogP contribution in [0.2, 0.25) is 0 Å². The van der Waals surface area contributed by atoms with Crippen molar-refractivity contribution in [1.82, 2.24) is 4.98 Å². The van der Waals surface area contributed by atoms with Gasteiger partial charge in [-0.2, -0.15) is 0 Å². The van der Waals surface area contributed by atoms with E-state index in [0.29, 0.717) is 5.88 Å². The highest BCUT2D eigenvalue weighted by Gasteiger charge is 2.03. The van der Waals surface area contributed by atoms with Gasteiger partial charge in [0.2, 0.25) is 0 Å². The van der Waals surface area contributed by atoms with Crippen LogP contribution in [-0.4, -0.2) is 4.98 Å². The molecule has 2 rings (SSSR count). The van der Waals surface area contributed by atoms with E-state index in [0.717, 1.165) is 16.5 Å². The van der Waals surface area contributed by atoms with E-state index in [1.165, 1.54) is 11.1 Å². The molecule has 0 bridgehead atoms. The smallest absolute Gasteiger partial charge is 0.187 e. The number of halogens is 1. The Balaban J connectivity index is 2.20. The van der Waals surface area contributed by atoms with E-state index in [1.807, 2.05) is 5.38 Å². The summed E-state index contributed by atoms with van der Waals surface area (Å²) in [6.45, 7) is 4.18. The average molecular weight is 253 g/mol. The van der Waals surface area contributed by atoms with Gasteiger partial charge in [-0.3, -0.25) is 0 Å². The number of thiazole rings is 1. The fourth-order valence-corrected chi connectivity index (χ4v) is 2.45. The zero-order chi connectivity index (χ0) is 11.5. The minimum absolute atomic E-state index is 0.463. The molecule has 0 spiro atoms. The first kappa shape index (κ1) is 11.4. The molecule has 1 heterocycles. The number of alkyl halides is 1. The van der Waals surface area contributed by atoms with Crippen LogP contribution in [0.25, 0.3) is 0 Å². The molecule has 0 fully saturated rings. The van der Waals surface area contributed by atoms with Crippen molar-refractivity contribution in [2.75, 3.05) is 5.32 Å². The highest BCUT2D eigenvalue weighted by atomic mass is 35.5. The monoisotopic (exact) mass is 252 g/mol. The summed E-state index contributed by atoms with van der Waals surface area (Å²) >= 11 is 7.29. The van der Waals surface area contributed by atoms with Crippen LogP contribution in [0, 0.1) is 13.8 Å². The molecule has 0 saturated carbocycles. The zero-order valence-corrected chi connectivity index (χ0v) is 10.8. The topological polar surface area (TPSA) is 24.9 Å². The summed E-state index contributed by atoms with van der Waals surface area (Å²) < 4.78 is 0. The van der Waals surface area contributed by atoms with Crippen molar-refractivity contribution in [2.24, 2.45) is 0 Å². The number of aromatic nitrogens is 1. The molecule has 84 valence electrons. The maximum Gasteiger partial charge on any atom is 0.187 e. The van der Waals surface area contributed by atoms with E-state index in [-0.39, 0.29) is 0 Å². The summed E-state index contributed by atoms with van der Waals surface area (Å²) in [6.07, 6.45) is 0. The van der Waals surface area contributed by atoms with Crippen molar-refractivity contribution in [3.8, 4) is 0 Å². The lowest BCUT2D eigenvalue weighted by atomic mass is 10.1. The first-order chi connectivity index (χ1) is 7.69. The first-order valence-electron chi connectivity index (χ1n) is 5.03. The van der Waals surface area contributed by atoms with Gasteiger partial charge in [-0.05, 0) is 25.5 Å². The Bertz CT molecular complexity index is 494. The second-order valence-electron chi connectivity index (χ2n) is 3.72. The predicted molar refractivity (Wildman–Crippen MR) is 70.9 cm³/mol. The van der Waals surface area contributed by atoms with Gasteiger partial charge in [-0.25, -0.2) is 4.98 Å². The van der Waals surface area contributed by atoms with Crippen LogP contribution in [0.4, 0.5) is 10.8 Å². The molecular weight excluding hydrogens is 240 g/mol. The molecule has 0 aliphatic heterocycles. The quantitative estimate of drug-likeness (QED) is 0.827. The fourth-order valence-electron chi connectivity index (χ4n) is 1.49. The van der Waals surface area contributed by atoms with Gasteiger partial charge in [0.25, 0.3) is 0 Å². The number of hydrogen-bond donors (Lipinski definition) is 1. The number of rotatable bonds is 3. The van der Waals surface area contributed by atoms with Gasteiger partial charge in [0, 0.05) is 11.1 Å². The third-order valence-corrected chi connectivity index (χ3v) is 3.39. The second kappa shape index (κ2) is 4.85. The van der Waals surface area contributed by atoms with Crippen LogP contribution in [0.15, 0.2) is 23.6 Å². The maximum atomic E-state index is 5.71. The van der Waals surface area contributed by atoms with Gasteiger partial charge < -0.3 is 5.32 Å². The molecule has 16 heavy (non-hydrogen) atoms. The van der Waals surface area contributed by atoms with Crippen LogP contribution < -0.4 is 5.32 Å². The number of nitrogens with one attached hydrogen (secondary N) is 1. The number of benzene rings is 1. The van der Waals surface area contributed by atoms with Gasteiger partial charge in [0.05, 0.1) is 11.6 Å². The van der Waals surface area contributed by atoms with Gasteiger partial charge in [0.15, 0.2) is 5.13 Å². The molecule has 0 aliphatic rings. The van der Waals surface area contributed by atoms with E-state index < -0.39 is 0 Å². The van der Waals surface area contributed by atoms with Crippen molar-refractivity contribution >= 4 is 33.8 Å². The fraction of sp³-hybridized carbons (Fsp3) is 0.250. The Labute approximate surface area is 104 Å². The van der Waals surface area contributed by atoms with E-state index in [2.05, 4.69) is 42.3 Å². The Kier molecular flexibility index (Phi) is 3.46. The Morgan fingerprint density at radius 1 is 1.38 bits per heavy atom. The molecule has 2 nitrogen and oxygen atoms in total. The standard InChI is InChI=1S/C12H13ClN2S/c1-8-3-4-11(9(2)5-8)15-12-14-10(6-13)7-16-12/h3-5,7H,6H2,1-2H3,(H,14,15). The largest absolute Gasteiger partial charge is 0.331 e. The molecule has 0 atom stereocenters. The number of aryl methyl sites for hydroxylation is 2. The van der Waals surface area contributed by atoms with Crippen molar-refractivity contribution in [3.63, 3.8) is 0 Å². The Morgan fingerprint density at radius 2 is 2.19 bits per heavy atom. The Hall–Kier alpha value is -1.06. The normalized spacial score (nSPS) is 10.4. The summed E-state index contributed by atoms with van der Waals surface area (Å²) in [5, 5.41) is 6.17. The lowest BCUT2D eigenvalue weighted by Gasteiger charge is -2.07. The third-order valence-electron chi connectivity index (χ3n) is 2.31.